The van der Waals surface area contributed by atoms with E-state index in [0.29, 0.717) is 0 Å². The largest absolute Gasteiger partial charge is 0.870 e. The molecular formula is C7H14N2O. The topological polar surface area (TPSA) is 49.7 Å². The van der Waals surface area contributed by atoms with Gasteiger partial charge in [0.2, 0.25) is 0 Å². The zero-order valence-corrected chi connectivity index (χ0v) is 6.89. The molecule has 2 N–H and O–H groups in total. The van der Waals surface area contributed by atoms with Crippen LogP contribution in [0.1, 0.15) is 17.2 Å². The second-order valence-electron chi connectivity index (χ2n) is 2.48. The highest BCUT2D eigenvalue weighted by Gasteiger charge is 2.09. The molecule has 1 heterocycles. The van der Waals surface area contributed by atoms with E-state index in [-0.39, 0.29) is 5.48 Å². The number of hydrogen-bond donors (Lipinski definition) is 1. The summed E-state index contributed by atoms with van der Waals surface area (Å²) >= 11 is 0. The van der Waals surface area contributed by atoms with E-state index in [1.165, 1.54) is 17.2 Å². The first kappa shape index (κ1) is 9.17. The zero-order valence-electron chi connectivity index (χ0n) is 6.89. The summed E-state index contributed by atoms with van der Waals surface area (Å²) < 4.78 is 2.15. The lowest BCUT2D eigenvalue weighted by molar-refractivity contribution is -0.682. The molecule has 3 heteroatoms. The highest BCUT2D eigenvalue weighted by atomic mass is 16.0. The van der Waals surface area contributed by atoms with Gasteiger partial charge in [0.1, 0.15) is 11.4 Å². The molecule has 0 atom stereocenters. The van der Waals surface area contributed by atoms with Crippen molar-refractivity contribution in [3.05, 3.63) is 17.2 Å². The van der Waals surface area contributed by atoms with Crippen LogP contribution in [0.2, 0.25) is 0 Å². The smallest absolute Gasteiger partial charge is 0.251 e. The van der Waals surface area contributed by atoms with Crippen molar-refractivity contribution in [2.75, 3.05) is 0 Å². The normalized spacial score (nSPS) is 9.20. The first-order valence-corrected chi connectivity index (χ1v) is 3.14. The van der Waals surface area contributed by atoms with Crippen LogP contribution in [0.4, 0.5) is 0 Å². The lowest BCUT2D eigenvalue weighted by atomic mass is 10.4. The van der Waals surface area contributed by atoms with Gasteiger partial charge in [-0.15, -0.1) is 0 Å². The van der Waals surface area contributed by atoms with Crippen molar-refractivity contribution in [2.24, 2.45) is 7.05 Å². The molecule has 0 aromatic carbocycles. The molecule has 0 aliphatic carbocycles. The minimum Gasteiger partial charge on any atom is -0.870 e. The molecule has 0 unspecified atom stereocenters. The minimum absolute atomic E-state index is 0. The van der Waals surface area contributed by atoms with Gasteiger partial charge in [0.05, 0.1) is 7.05 Å². The first-order valence-electron chi connectivity index (χ1n) is 3.14. The molecule has 0 aliphatic rings. The predicted octanol–water partition coefficient (Wildman–Crippen LogP) is 0.588. The monoisotopic (exact) mass is 142 g/mol. The zero-order chi connectivity index (χ0) is 7.02. The number of nitrogens with zero attached hydrogens (tertiary/aromatic N) is 1. The van der Waals surface area contributed by atoms with Gasteiger partial charge in [-0.1, -0.05) is 0 Å². The van der Waals surface area contributed by atoms with E-state index in [4.69, 9.17) is 0 Å². The Morgan fingerprint density at radius 2 is 1.70 bits per heavy atom. The average Bonchev–Trinajstić information content (AvgIpc) is 1.98. The van der Waals surface area contributed by atoms with E-state index >= 15 is 0 Å². The maximum Gasteiger partial charge on any atom is 0.251 e. The molecule has 0 aliphatic heterocycles. The fourth-order valence-electron chi connectivity index (χ4n) is 0.949. The Morgan fingerprint density at radius 3 is 1.80 bits per heavy atom. The number of nitrogens with one attached hydrogen (secondary N) is 1. The van der Waals surface area contributed by atoms with E-state index < -0.39 is 0 Å². The summed E-state index contributed by atoms with van der Waals surface area (Å²) in [5.74, 6) is 1.21. The Bertz CT molecular complexity index is 205. The predicted molar refractivity (Wildman–Crippen MR) is 38.1 cm³/mol. The highest BCUT2D eigenvalue weighted by molar-refractivity contribution is 5.01. The van der Waals surface area contributed by atoms with Crippen molar-refractivity contribution >= 4 is 0 Å². The SMILES string of the molecule is Cc1[nH]c(C)[n+](C)c1C.[OH-]. The molecule has 0 amide bonds. The molecule has 0 radical (unpaired) electrons. The molecule has 10 heavy (non-hydrogen) atoms. The number of aromatic amines is 1. The van der Waals surface area contributed by atoms with Gasteiger partial charge in [0.15, 0.2) is 0 Å². The van der Waals surface area contributed by atoms with Gasteiger partial charge in [0.25, 0.3) is 5.82 Å². The lowest BCUT2D eigenvalue weighted by Crippen LogP contribution is -2.32. The van der Waals surface area contributed by atoms with Crippen LogP contribution in [-0.2, 0) is 7.05 Å². The van der Waals surface area contributed by atoms with Crippen LogP contribution in [0.5, 0.6) is 0 Å². The summed E-state index contributed by atoms with van der Waals surface area (Å²) in [6.07, 6.45) is 0. The van der Waals surface area contributed by atoms with Crippen LogP contribution in [0.15, 0.2) is 0 Å². The molecule has 1 rings (SSSR count). The van der Waals surface area contributed by atoms with Crippen molar-refractivity contribution in [3.8, 4) is 0 Å². The molecule has 0 fully saturated rings. The van der Waals surface area contributed by atoms with E-state index in [1.54, 1.807) is 0 Å². The van der Waals surface area contributed by atoms with E-state index in [9.17, 15) is 0 Å². The number of hydrogen-bond acceptors (Lipinski definition) is 1. The standard InChI is InChI=1S/C7H12N2.H2O/c1-5-6(2)9(4)7(3)8-5;/h1-4H3;1H2. The van der Waals surface area contributed by atoms with Crippen LogP contribution in [-0.4, -0.2) is 10.5 Å². The number of imidazole rings is 1. The second kappa shape index (κ2) is 2.84. The van der Waals surface area contributed by atoms with Crippen LogP contribution in [0, 0.1) is 20.8 Å². The molecule has 0 spiro atoms. The van der Waals surface area contributed by atoms with Crippen molar-refractivity contribution in [1.82, 2.24) is 4.98 Å². The third-order valence-corrected chi connectivity index (χ3v) is 1.92. The molecule has 3 nitrogen and oxygen atoms in total. The highest BCUT2D eigenvalue weighted by Crippen LogP contribution is 1.97. The molecule has 58 valence electrons. The molecule has 1 aromatic heterocycles. The number of aryl methyl sites for hydroxylation is 2. The summed E-state index contributed by atoms with van der Waals surface area (Å²) in [6, 6.07) is 0. The van der Waals surface area contributed by atoms with E-state index in [2.05, 4.69) is 37.4 Å². The van der Waals surface area contributed by atoms with Gasteiger partial charge < -0.3 is 5.48 Å². The summed E-state index contributed by atoms with van der Waals surface area (Å²) in [5.41, 5.74) is 2.57. The van der Waals surface area contributed by atoms with Gasteiger partial charge in [-0.25, -0.2) is 9.55 Å². The summed E-state index contributed by atoms with van der Waals surface area (Å²) in [6.45, 7) is 6.27. The van der Waals surface area contributed by atoms with Crippen LogP contribution in [0.3, 0.4) is 0 Å². The minimum atomic E-state index is 0. The number of aromatic nitrogens is 2. The summed E-state index contributed by atoms with van der Waals surface area (Å²) in [7, 11) is 2.06. The van der Waals surface area contributed by atoms with Crippen molar-refractivity contribution in [3.63, 3.8) is 0 Å². The van der Waals surface area contributed by atoms with Crippen molar-refractivity contribution in [2.45, 2.75) is 20.8 Å². The fourth-order valence-corrected chi connectivity index (χ4v) is 0.949. The molecular weight excluding hydrogens is 128 g/mol. The first-order chi connectivity index (χ1) is 4.13. The summed E-state index contributed by atoms with van der Waals surface area (Å²) in [5, 5.41) is 0. The Kier molecular flexibility index (Phi) is 2.60. The van der Waals surface area contributed by atoms with Gasteiger partial charge in [-0.2, -0.15) is 0 Å². The lowest BCUT2D eigenvalue weighted by Gasteiger charge is -1.85. The maximum atomic E-state index is 3.24. The van der Waals surface area contributed by atoms with E-state index in [0.717, 1.165) is 0 Å². The van der Waals surface area contributed by atoms with Crippen LogP contribution < -0.4 is 4.57 Å². The van der Waals surface area contributed by atoms with Gasteiger partial charge in [0, 0.05) is 20.8 Å². The molecule has 1 aromatic rings. The third kappa shape index (κ3) is 1.19. The quantitative estimate of drug-likeness (QED) is 0.529. The van der Waals surface area contributed by atoms with Crippen molar-refractivity contribution in [1.29, 1.82) is 0 Å². The maximum absolute atomic E-state index is 3.24. The molecule has 0 bridgehead atoms. The third-order valence-electron chi connectivity index (χ3n) is 1.92. The average molecular weight is 142 g/mol. The Balaban J connectivity index is 0.000000810. The Morgan fingerprint density at radius 1 is 1.20 bits per heavy atom. The van der Waals surface area contributed by atoms with E-state index in [1.807, 2.05) is 0 Å². The number of rotatable bonds is 0. The fraction of sp³-hybridized carbons (Fsp3) is 0.571. The Hall–Kier alpha value is -0.830. The number of H-pyrrole nitrogens is 1. The Labute approximate surface area is 61.0 Å². The van der Waals surface area contributed by atoms with Crippen molar-refractivity contribution < 1.29 is 10.0 Å². The van der Waals surface area contributed by atoms with Gasteiger partial charge in [-0.05, 0) is 0 Å². The van der Waals surface area contributed by atoms with Crippen LogP contribution >= 0.6 is 0 Å². The van der Waals surface area contributed by atoms with Gasteiger partial charge >= 0.3 is 0 Å². The van der Waals surface area contributed by atoms with Gasteiger partial charge in [-0.3, -0.25) is 0 Å². The molecule has 0 saturated carbocycles. The summed E-state index contributed by atoms with van der Waals surface area (Å²) in [4.78, 5) is 3.24. The molecule has 0 saturated heterocycles. The second-order valence-corrected chi connectivity index (χ2v) is 2.48. The van der Waals surface area contributed by atoms with Crippen LogP contribution in [0.25, 0.3) is 0 Å².